The van der Waals surface area contributed by atoms with Crippen LogP contribution in [0.4, 0.5) is 14.5 Å². The molecule has 146 valence electrons. The third-order valence-corrected chi connectivity index (χ3v) is 4.61. The Morgan fingerprint density at radius 2 is 1.70 bits per heavy atom. The molecular weight excluding hydrogens is 350 g/mol. The minimum atomic E-state index is -0.430. The van der Waals surface area contributed by atoms with Crippen molar-refractivity contribution in [1.29, 1.82) is 0 Å². The topological polar surface area (TPSA) is 61.4 Å². The first-order valence-electron chi connectivity index (χ1n) is 9.09. The molecule has 0 aliphatic heterocycles. The Labute approximate surface area is 158 Å². The summed E-state index contributed by atoms with van der Waals surface area (Å²) in [4.78, 5) is 12.0. The molecule has 6 heteroatoms. The van der Waals surface area contributed by atoms with E-state index in [2.05, 4.69) is 5.32 Å². The van der Waals surface area contributed by atoms with E-state index in [4.69, 9.17) is 5.21 Å². The zero-order valence-corrected chi connectivity index (χ0v) is 15.7. The number of unbranched alkanes of at least 4 members (excludes halogenated alkanes) is 1. The lowest BCUT2D eigenvalue weighted by Gasteiger charge is -2.16. The molecule has 2 rings (SSSR count). The van der Waals surface area contributed by atoms with Crippen LogP contribution < -0.4 is 10.8 Å². The van der Waals surface area contributed by atoms with Crippen LogP contribution in [-0.4, -0.2) is 17.7 Å². The second kappa shape index (κ2) is 10.0. The van der Waals surface area contributed by atoms with E-state index >= 15 is 0 Å². The number of halogens is 2. The van der Waals surface area contributed by atoms with E-state index in [0.717, 1.165) is 24.1 Å². The Morgan fingerprint density at radius 1 is 1.07 bits per heavy atom. The fourth-order valence-electron chi connectivity index (χ4n) is 3.17. The van der Waals surface area contributed by atoms with E-state index < -0.39 is 5.91 Å². The van der Waals surface area contributed by atoms with Crippen molar-refractivity contribution in [3.63, 3.8) is 0 Å². The van der Waals surface area contributed by atoms with Crippen LogP contribution in [0.2, 0.25) is 0 Å². The molecule has 0 aliphatic carbocycles. The van der Waals surface area contributed by atoms with Crippen molar-refractivity contribution in [1.82, 2.24) is 5.48 Å². The Morgan fingerprint density at radius 3 is 2.30 bits per heavy atom. The van der Waals surface area contributed by atoms with Gasteiger partial charge in [-0.15, -0.1) is 0 Å². The fourth-order valence-corrected chi connectivity index (χ4v) is 3.17. The maximum Gasteiger partial charge on any atom is 0.246 e. The fraction of sp³-hybridized carbons (Fsp3) is 0.381. The van der Waals surface area contributed by atoms with E-state index in [9.17, 15) is 13.6 Å². The van der Waals surface area contributed by atoms with Gasteiger partial charge in [0.2, 0.25) is 5.91 Å². The normalized spacial score (nSPS) is 11.9. The quantitative estimate of drug-likeness (QED) is 0.342. The Balaban J connectivity index is 1.85. The standard InChI is InChI=1S/C21H26F2N2O2/c1-14-11-16(12-15(2)20(14)23)13-17(21(26)25-27)5-3-4-10-24-19-8-6-18(22)7-9-19/h6-9,11-12,17,24,27H,3-5,10,13H2,1-2H3,(H,25,26)/t17-/m0/s1. The monoisotopic (exact) mass is 376 g/mol. The Hall–Kier alpha value is -2.47. The first kappa shape index (κ1) is 20.8. The van der Waals surface area contributed by atoms with Gasteiger partial charge in [-0.1, -0.05) is 18.6 Å². The van der Waals surface area contributed by atoms with Crippen molar-refractivity contribution >= 4 is 11.6 Å². The minimum Gasteiger partial charge on any atom is -0.385 e. The van der Waals surface area contributed by atoms with Gasteiger partial charge in [0.25, 0.3) is 0 Å². The van der Waals surface area contributed by atoms with Crippen LogP contribution >= 0.6 is 0 Å². The second-order valence-electron chi connectivity index (χ2n) is 6.85. The molecule has 0 aliphatic rings. The van der Waals surface area contributed by atoms with Crippen molar-refractivity contribution in [2.24, 2.45) is 5.92 Å². The molecule has 0 spiro atoms. The molecule has 0 saturated heterocycles. The summed E-state index contributed by atoms with van der Waals surface area (Å²) in [6.45, 7) is 4.11. The van der Waals surface area contributed by atoms with Crippen molar-refractivity contribution in [3.8, 4) is 0 Å². The molecule has 0 aromatic heterocycles. The number of anilines is 1. The van der Waals surface area contributed by atoms with Crippen LogP contribution in [0, 0.1) is 31.4 Å². The molecule has 0 heterocycles. The van der Waals surface area contributed by atoms with Gasteiger partial charge in [0.05, 0.1) is 0 Å². The van der Waals surface area contributed by atoms with Crippen LogP contribution in [0.15, 0.2) is 36.4 Å². The predicted octanol–water partition coefficient (Wildman–Crippen LogP) is 4.53. The van der Waals surface area contributed by atoms with Crippen LogP contribution in [-0.2, 0) is 11.2 Å². The number of nitrogens with one attached hydrogen (secondary N) is 2. The van der Waals surface area contributed by atoms with Gasteiger partial charge in [0.15, 0.2) is 0 Å². The van der Waals surface area contributed by atoms with E-state index in [-0.39, 0.29) is 17.6 Å². The van der Waals surface area contributed by atoms with Gasteiger partial charge in [-0.25, -0.2) is 14.3 Å². The number of rotatable bonds is 9. The van der Waals surface area contributed by atoms with Gasteiger partial charge < -0.3 is 5.32 Å². The predicted molar refractivity (Wildman–Crippen MR) is 102 cm³/mol. The molecule has 4 nitrogen and oxygen atoms in total. The molecule has 3 N–H and O–H groups in total. The highest BCUT2D eigenvalue weighted by Crippen LogP contribution is 2.20. The summed E-state index contributed by atoms with van der Waals surface area (Å²) in [5.41, 5.74) is 4.56. The third kappa shape index (κ3) is 6.32. The lowest BCUT2D eigenvalue weighted by atomic mass is 9.91. The minimum absolute atomic E-state index is 0.228. The number of hydrogen-bond acceptors (Lipinski definition) is 3. The average Bonchev–Trinajstić information content (AvgIpc) is 2.65. The third-order valence-electron chi connectivity index (χ3n) is 4.61. The molecule has 2 aromatic carbocycles. The lowest BCUT2D eigenvalue weighted by molar-refractivity contribution is -0.133. The molecule has 0 saturated carbocycles. The summed E-state index contributed by atoms with van der Waals surface area (Å²) in [7, 11) is 0. The number of aryl methyl sites for hydroxylation is 2. The van der Waals surface area contributed by atoms with Gasteiger partial charge in [0, 0.05) is 18.2 Å². The smallest absolute Gasteiger partial charge is 0.246 e. The number of hydroxylamine groups is 1. The summed E-state index contributed by atoms with van der Waals surface area (Å²) in [5, 5.41) is 12.2. The second-order valence-corrected chi connectivity index (χ2v) is 6.85. The summed E-state index contributed by atoms with van der Waals surface area (Å²) in [6.07, 6.45) is 2.66. The average molecular weight is 376 g/mol. The van der Waals surface area contributed by atoms with E-state index in [1.165, 1.54) is 12.1 Å². The SMILES string of the molecule is Cc1cc(C[C@H](CCCCNc2ccc(F)cc2)C(=O)NO)cc(C)c1F. The van der Waals surface area contributed by atoms with Gasteiger partial charge in [-0.3, -0.25) is 10.0 Å². The molecule has 0 radical (unpaired) electrons. The first-order valence-corrected chi connectivity index (χ1v) is 9.09. The van der Waals surface area contributed by atoms with Crippen LogP contribution in [0.25, 0.3) is 0 Å². The highest BCUT2D eigenvalue weighted by atomic mass is 19.1. The summed E-state index contributed by atoms with van der Waals surface area (Å²) < 4.78 is 26.6. The summed E-state index contributed by atoms with van der Waals surface area (Å²) in [6, 6.07) is 9.65. The number of carbonyl (C=O) groups is 1. The largest absolute Gasteiger partial charge is 0.385 e. The van der Waals surface area contributed by atoms with Gasteiger partial charge in [-0.05, 0) is 74.1 Å². The van der Waals surface area contributed by atoms with Crippen molar-refractivity contribution in [2.75, 3.05) is 11.9 Å². The number of carbonyl (C=O) groups excluding carboxylic acids is 1. The zero-order chi connectivity index (χ0) is 19.8. The molecular formula is C21H26F2N2O2. The van der Waals surface area contributed by atoms with Gasteiger partial charge in [0.1, 0.15) is 11.6 Å². The van der Waals surface area contributed by atoms with Crippen LogP contribution in [0.1, 0.15) is 36.0 Å². The molecule has 0 unspecified atom stereocenters. The van der Waals surface area contributed by atoms with E-state index in [1.807, 2.05) is 0 Å². The van der Waals surface area contributed by atoms with Gasteiger partial charge >= 0.3 is 0 Å². The van der Waals surface area contributed by atoms with Gasteiger partial charge in [-0.2, -0.15) is 0 Å². The highest BCUT2D eigenvalue weighted by Gasteiger charge is 2.19. The summed E-state index contributed by atoms with van der Waals surface area (Å²) >= 11 is 0. The van der Waals surface area contributed by atoms with Crippen molar-refractivity contribution in [2.45, 2.75) is 39.5 Å². The maximum atomic E-state index is 13.8. The Kier molecular flexibility index (Phi) is 7.73. The number of hydrogen-bond donors (Lipinski definition) is 3. The van der Waals surface area contributed by atoms with Crippen LogP contribution in [0.5, 0.6) is 0 Å². The number of benzene rings is 2. The molecule has 1 atom stereocenters. The molecule has 2 aromatic rings. The van der Waals surface area contributed by atoms with Crippen LogP contribution in [0.3, 0.4) is 0 Å². The molecule has 0 bridgehead atoms. The Bertz CT molecular complexity index is 740. The number of amides is 1. The highest BCUT2D eigenvalue weighted by molar-refractivity contribution is 5.77. The molecule has 0 fully saturated rings. The van der Waals surface area contributed by atoms with Crippen molar-refractivity contribution in [3.05, 3.63) is 64.7 Å². The zero-order valence-electron chi connectivity index (χ0n) is 15.7. The summed E-state index contributed by atoms with van der Waals surface area (Å²) in [5.74, 6) is -1.32. The van der Waals surface area contributed by atoms with Crippen molar-refractivity contribution < 1.29 is 18.8 Å². The lowest BCUT2D eigenvalue weighted by Crippen LogP contribution is -2.29. The maximum absolute atomic E-state index is 13.8. The molecule has 27 heavy (non-hydrogen) atoms. The van der Waals surface area contributed by atoms with E-state index in [1.54, 1.807) is 43.6 Å². The first-order chi connectivity index (χ1) is 12.9. The van der Waals surface area contributed by atoms with E-state index in [0.29, 0.717) is 30.5 Å². The molecule has 1 amide bonds.